The normalized spacial score (nSPS) is 9.62. The van der Waals surface area contributed by atoms with E-state index in [-0.39, 0.29) is 11.6 Å². The molecule has 2 amide bonds. The Bertz CT molecular complexity index is 360. The summed E-state index contributed by atoms with van der Waals surface area (Å²) in [5.74, 6) is -0.956. The second-order valence-corrected chi connectivity index (χ2v) is 2.85. The quantitative estimate of drug-likeness (QED) is 0.708. The van der Waals surface area contributed by atoms with Crippen LogP contribution in [0.5, 0.6) is 0 Å². The standard InChI is InChI=1S/C9H13N5O2/c1-3-10-8(15)6-12-5-13-7(14-6)9(16)11-4-2/h5H,3-4H2,1-2H3,(H,10,15)(H,11,16). The zero-order chi connectivity index (χ0) is 12.0. The van der Waals surface area contributed by atoms with Gasteiger partial charge >= 0.3 is 0 Å². The maximum absolute atomic E-state index is 11.4. The maximum Gasteiger partial charge on any atom is 0.289 e. The van der Waals surface area contributed by atoms with Gasteiger partial charge in [0.1, 0.15) is 6.33 Å². The van der Waals surface area contributed by atoms with Gasteiger partial charge in [0.2, 0.25) is 11.6 Å². The molecule has 0 saturated carbocycles. The van der Waals surface area contributed by atoms with Crippen molar-refractivity contribution in [2.24, 2.45) is 0 Å². The van der Waals surface area contributed by atoms with E-state index in [0.717, 1.165) is 6.33 Å². The second kappa shape index (κ2) is 5.74. The Morgan fingerprint density at radius 2 is 1.50 bits per heavy atom. The van der Waals surface area contributed by atoms with Gasteiger partial charge in [-0.1, -0.05) is 0 Å². The number of nitrogens with one attached hydrogen (secondary N) is 2. The lowest BCUT2D eigenvalue weighted by atomic mass is 10.5. The molecule has 0 spiro atoms. The van der Waals surface area contributed by atoms with Gasteiger partial charge in [-0.25, -0.2) is 9.97 Å². The van der Waals surface area contributed by atoms with E-state index in [1.165, 1.54) is 0 Å². The van der Waals surface area contributed by atoms with E-state index in [1.807, 2.05) is 0 Å². The minimum Gasteiger partial charge on any atom is -0.350 e. The van der Waals surface area contributed by atoms with Crippen LogP contribution in [-0.2, 0) is 0 Å². The lowest BCUT2D eigenvalue weighted by Gasteiger charge is -2.02. The van der Waals surface area contributed by atoms with E-state index >= 15 is 0 Å². The van der Waals surface area contributed by atoms with Gasteiger partial charge in [0.15, 0.2) is 0 Å². The van der Waals surface area contributed by atoms with E-state index < -0.39 is 11.8 Å². The lowest BCUT2D eigenvalue weighted by molar-refractivity contribution is 0.0938. The molecule has 0 aliphatic heterocycles. The van der Waals surface area contributed by atoms with Gasteiger partial charge in [0.25, 0.3) is 11.8 Å². The molecule has 0 aliphatic rings. The van der Waals surface area contributed by atoms with E-state index in [1.54, 1.807) is 13.8 Å². The predicted octanol–water partition coefficient (Wildman–Crippen LogP) is -0.629. The number of aromatic nitrogens is 3. The number of rotatable bonds is 4. The van der Waals surface area contributed by atoms with Crippen LogP contribution in [0.4, 0.5) is 0 Å². The first kappa shape index (κ1) is 12.0. The van der Waals surface area contributed by atoms with Gasteiger partial charge in [-0.15, -0.1) is 0 Å². The summed E-state index contributed by atoms with van der Waals surface area (Å²) in [5, 5.41) is 5.07. The Morgan fingerprint density at radius 3 is 1.88 bits per heavy atom. The monoisotopic (exact) mass is 223 g/mol. The molecule has 1 heterocycles. The molecule has 0 bridgehead atoms. The first-order valence-electron chi connectivity index (χ1n) is 4.94. The number of nitrogens with zero attached hydrogens (tertiary/aromatic N) is 3. The first-order chi connectivity index (χ1) is 7.69. The second-order valence-electron chi connectivity index (χ2n) is 2.85. The highest BCUT2D eigenvalue weighted by Crippen LogP contribution is 1.91. The molecule has 0 fully saturated rings. The average Bonchev–Trinajstić information content (AvgIpc) is 2.30. The summed E-state index contributed by atoms with van der Waals surface area (Å²) in [6.07, 6.45) is 1.14. The minimum atomic E-state index is -0.421. The Kier molecular flexibility index (Phi) is 4.31. The molecule has 1 rings (SSSR count). The molecule has 0 aromatic carbocycles. The van der Waals surface area contributed by atoms with Gasteiger partial charge in [-0.05, 0) is 13.8 Å². The van der Waals surface area contributed by atoms with Crippen molar-refractivity contribution in [1.29, 1.82) is 0 Å². The van der Waals surface area contributed by atoms with Gasteiger partial charge < -0.3 is 10.6 Å². The third-order valence-electron chi connectivity index (χ3n) is 1.65. The number of hydrogen-bond acceptors (Lipinski definition) is 5. The Labute approximate surface area is 92.7 Å². The molecule has 0 radical (unpaired) electrons. The molecule has 0 unspecified atom stereocenters. The molecule has 1 aromatic rings. The minimum absolute atomic E-state index is 0.0573. The zero-order valence-electron chi connectivity index (χ0n) is 9.15. The highest BCUT2D eigenvalue weighted by Gasteiger charge is 2.13. The van der Waals surface area contributed by atoms with Crippen molar-refractivity contribution in [3.05, 3.63) is 18.0 Å². The Balaban J connectivity index is 2.86. The predicted molar refractivity (Wildman–Crippen MR) is 55.8 cm³/mol. The van der Waals surface area contributed by atoms with Crippen LogP contribution in [0.15, 0.2) is 6.33 Å². The summed E-state index contributed by atoms with van der Waals surface area (Å²) in [7, 11) is 0. The van der Waals surface area contributed by atoms with Crippen molar-refractivity contribution in [1.82, 2.24) is 25.6 Å². The summed E-state index contributed by atoms with van der Waals surface area (Å²) < 4.78 is 0. The highest BCUT2D eigenvalue weighted by atomic mass is 16.2. The van der Waals surface area contributed by atoms with Crippen molar-refractivity contribution in [2.45, 2.75) is 13.8 Å². The summed E-state index contributed by atoms with van der Waals surface area (Å²) in [5.41, 5.74) is 0. The van der Waals surface area contributed by atoms with Crippen LogP contribution in [0.3, 0.4) is 0 Å². The van der Waals surface area contributed by atoms with Crippen LogP contribution >= 0.6 is 0 Å². The summed E-state index contributed by atoms with van der Waals surface area (Å²) in [6.45, 7) is 4.51. The van der Waals surface area contributed by atoms with Crippen molar-refractivity contribution >= 4 is 11.8 Å². The number of carbonyl (C=O) groups is 2. The largest absolute Gasteiger partial charge is 0.350 e. The van der Waals surface area contributed by atoms with Crippen LogP contribution in [0, 0.1) is 0 Å². The molecule has 16 heavy (non-hydrogen) atoms. The van der Waals surface area contributed by atoms with Gasteiger partial charge in [0, 0.05) is 13.1 Å². The molecule has 0 aliphatic carbocycles. The molecule has 2 N–H and O–H groups in total. The zero-order valence-corrected chi connectivity index (χ0v) is 9.15. The summed E-state index contributed by atoms with van der Waals surface area (Å²) >= 11 is 0. The SMILES string of the molecule is CCNC(=O)c1ncnc(C(=O)NCC)n1. The number of amides is 2. The highest BCUT2D eigenvalue weighted by molar-refractivity contribution is 5.93. The van der Waals surface area contributed by atoms with Crippen LogP contribution in [-0.4, -0.2) is 39.9 Å². The van der Waals surface area contributed by atoms with E-state index in [4.69, 9.17) is 0 Å². The van der Waals surface area contributed by atoms with Crippen molar-refractivity contribution in [2.75, 3.05) is 13.1 Å². The summed E-state index contributed by atoms with van der Waals surface area (Å²) in [6, 6.07) is 0. The number of hydrogen-bond donors (Lipinski definition) is 2. The molecular formula is C9H13N5O2. The van der Waals surface area contributed by atoms with Crippen molar-refractivity contribution < 1.29 is 9.59 Å². The Hall–Kier alpha value is -2.05. The molecule has 7 heteroatoms. The van der Waals surface area contributed by atoms with E-state index in [2.05, 4.69) is 25.6 Å². The van der Waals surface area contributed by atoms with Crippen LogP contribution in [0.2, 0.25) is 0 Å². The molecule has 0 atom stereocenters. The first-order valence-corrected chi connectivity index (χ1v) is 4.94. The smallest absolute Gasteiger partial charge is 0.289 e. The van der Waals surface area contributed by atoms with Gasteiger partial charge in [-0.2, -0.15) is 4.98 Å². The third kappa shape index (κ3) is 2.97. The van der Waals surface area contributed by atoms with Gasteiger partial charge in [-0.3, -0.25) is 9.59 Å². The van der Waals surface area contributed by atoms with E-state index in [0.29, 0.717) is 13.1 Å². The molecule has 86 valence electrons. The molecule has 7 nitrogen and oxygen atoms in total. The van der Waals surface area contributed by atoms with Crippen LogP contribution in [0.1, 0.15) is 35.1 Å². The van der Waals surface area contributed by atoms with E-state index in [9.17, 15) is 9.59 Å². The topological polar surface area (TPSA) is 96.9 Å². The van der Waals surface area contributed by atoms with Crippen molar-refractivity contribution in [3.8, 4) is 0 Å². The fourth-order valence-corrected chi connectivity index (χ4v) is 0.994. The molecular weight excluding hydrogens is 210 g/mol. The molecule has 1 aromatic heterocycles. The fraction of sp³-hybridized carbons (Fsp3) is 0.444. The lowest BCUT2D eigenvalue weighted by Crippen LogP contribution is -2.29. The number of carbonyl (C=O) groups excluding carboxylic acids is 2. The average molecular weight is 223 g/mol. The van der Waals surface area contributed by atoms with Crippen LogP contribution in [0.25, 0.3) is 0 Å². The van der Waals surface area contributed by atoms with Crippen LogP contribution < -0.4 is 10.6 Å². The third-order valence-corrected chi connectivity index (χ3v) is 1.65. The summed E-state index contributed by atoms with van der Waals surface area (Å²) in [4.78, 5) is 33.9. The Morgan fingerprint density at radius 1 is 1.06 bits per heavy atom. The van der Waals surface area contributed by atoms with Crippen molar-refractivity contribution in [3.63, 3.8) is 0 Å². The fourth-order valence-electron chi connectivity index (χ4n) is 0.994. The van der Waals surface area contributed by atoms with Gasteiger partial charge in [0.05, 0.1) is 0 Å². The molecule has 0 saturated heterocycles. The maximum atomic E-state index is 11.4.